The predicted molar refractivity (Wildman–Crippen MR) is 69.0 cm³/mol. The molecule has 102 valence electrons. The molecule has 2 amide bonds. The molecule has 18 heavy (non-hydrogen) atoms. The zero-order valence-corrected chi connectivity index (χ0v) is 11.3. The van der Waals surface area contributed by atoms with Crippen molar-refractivity contribution in [1.82, 2.24) is 15.5 Å². The molecule has 2 N–H and O–H groups in total. The molecule has 0 aromatic carbocycles. The number of nitrogens with zero attached hydrogens (tertiary/aromatic N) is 1. The van der Waals surface area contributed by atoms with Crippen molar-refractivity contribution in [2.45, 2.75) is 38.6 Å². The Labute approximate surface area is 108 Å². The van der Waals surface area contributed by atoms with Crippen LogP contribution in [0.2, 0.25) is 0 Å². The summed E-state index contributed by atoms with van der Waals surface area (Å²) < 4.78 is 0. The van der Waals surface area contributed by atoms with Gasteiger partial charge in [-0.25, -0.2) is 0 Å². The standard InChI is InChI=1S/C13H23N3O2/c1-13(2,10-4-5-10)15-11(17)12(18)16-8-3-6-14-7-9-16/h10,14H,3-9H2,1-2H3,(H,15,17). The summed E-state index contributed by atoms with van der Waals surface area (Å²) in [6.45, 7) is 6.98. The van der Waals surface area contributed by atoms with E-state index in [1.807, 2.05) is 13.8 Å². The summed E-state index contributed by atoms with van der Waals surface area (Å²) in [4.78, 5) is 25.7. The molecule has 5 heteroatoms. The molecule has 2 fully saturated rings. The maximum absolute atomic E-state index is 12.1. The van der Waals surface area contributed by atoms with Crippen LogP contribution < -0.4 is 10.6 Å². The highest BCUT2D eigenvalue weighted by molar-refractivity contribution is 6.35. The number of carbonyl (C=O) groups excluding carboxylic acids is 2. The van der Waals surface area contributed by atoms with Gasteiger partial charge in [0.2, 0.25) is 0 Å². The van der Waals surface area contributed by atoms with E-state index < -0.39 is 5.91 Å². The summed E-state index contributed by atoms with van der Waals surface area (Å²) in [5, 5.41) is 6.11. The summed E-state index contributed by atoms with van der Waals surface area (Å²) in [5.74, 6) is -0.304. The van der Waals surface area contributed by atoms with Crippen LogP contribution in [0.15, 0.2) is 0 Å². The number of hydrogen-bond acceptors (Lipinski definition) is 3. The average Bonchev–Trinajstić information content (AvgIpc) is 3.14. The summed E-state index contributed by atoms with van der Waals surface area (Å²) in [6.07, 6.45) is 3.20. The van der Waals surface area contributed by atoms with Crippen LogP contribution in [0.25, 0.3) is 0 Å². The van der Waals surface area contributed by atoms with Gasteiger partial charge in [-0.2, -0.15) is 0 Å². The van der Waals surface area contributed by atoms with Crippen LogP contribution in [0.1, 0.15) is 33.1 Å². The zero-order chi connectivity index (χ0) is 13.2. The first kappa shape index (κ1) is 13.3. The first-order valence-corrected chi connectivity index (χ1v) is 6.83. The van der Waals surface area contributed by atoms with Crippen LogP contribution in [-0.4, -0.2) is 48.4 Å². The molecule has 0 unspecified atom stereocenters. The maximum Gasteiger partial charge on any atom is 0.311 e. The molecule has 1 aliphatic heterocycles. The Balaban J connectivity index is 1.89. The zero-order valence-electron chi connectivity index (χ0n) is 11.3. The molecule has 2 aliphatic rings. The highest BCUT2D eigenvalue weighted by Crippen LogP contribution is 2.39. The highest BCUT2D eigenvalue weighted by atomic mass is 16.2. The van der Waals surface area contributed by atoms with Crippen LogP contribution in [0.5, 0.6) is 0 Å². The maximum atomic E-state index is 12.1. The van der Waals surface area contributed by atoms with E-state index in [4.69, 9.17) is 0 Å². The number of carbonyl (C=O) groups is 2. The Hall–Kier alpha value is -1.10. The minimum absolute atomic E-state index is 0.253. The Morgan fingerprint density at radius 2 is 1.94 bits per heavy atom. The molecule has 0 atom stereocenters. The number of nitrogens with one attached hydrogen (secondary N) is 2. The van der Waals surface area contributed by atoms with E-state index in [0.717, 1.165) is 32.4 Å². The van der Waals surface area contributed by atoms with Crippen molar-refractivity contribution in [2.75, 3.05) is 26.2 Å². The molecule has 1 saturated carbocycles. The average molecular weight is 253 g/mol. The van der Waals surface area contributed by atoms with Gasteiger partial charge in [-0.3, -0.25) is 9.59 Å². The van der Waals surface area contributed by atoms with E-state index in [0.29, 0.717) is 19.0 Å². The van der Waals surface area contributed by atoms with E-state index in [2.05, 4.69) is 10.6 Å². The van der Waals surface area contributed by atoms with Gasteiger partial charge in [0.1, 0.15) is 0 Å². The van der Waals surface area contributed by atoms with Crippen molar-refractivity contribution in [3.8, 4) is 0 Å². The molecule has 5 nitrogen and oxygen atoms in total. The van der Waals surface area contributed by atoms with E-state index in [-0.39, 0.29) is 11.4 Å². The van der Waals surface area contributed by atoms with Crippen LogP contribution in [0.3, 0.4) is 0 Å². The lowest BCUT2D eigenvalue weighted by Gasteiger charge is -2.27. The van der Waals surface area contributed by atoms with Gasteiger partial charge < -0.3 is 15.5 Å². The molecule has 0 radical (unpaired) electrons. The van der Waals surface area contributed by atoms with E-state index in [1.54, 1.807) is 4.90 Å². The van der Waals surface area contributed by atoms with Crippen molar-refractivity contribution < 1.29 is 9.59 Å². The van der Waals surface area contributed by atoms with Crippen molar-refractivity contribution in [1.29, 1.82) is 0 Å². The van der Waals surface area contributed by atoms with Gasteiger partial charge in [0.05, 0.1) is 0 Å². The minimum Gasteiger partial charge on any atom is -0.343 e. The molecule has 0 bridgehead atoms. The Morgan fingerprint density at radius 3 is 2.61 bits per heavy atom. The lowest BCUT2D eigenvalue weighted by atomic mass is 9.99. The normalized spacial score (nSPS) is 21.3. The molecule has 2 rings (SSSR count). The fourth-order valence-corrected chi connectivity index (χ4v) is 2.45. The van der Waals surface area contributed by atoms with E-state index >= 15 is 0 Å². The second-order valence-corrected chi connectivity index (χ2v) is 5.85. The molecule has 1 heterocycles. The number of rotatable bonds is 2. The van der Waals surface area contributed by atoms with Crippen molar-refractivity contribution in [3.05, 3.63) is 0 Å². The van der Waals surface area contributed by atoms with E-state index in [9.17, 15) is 9.59 Å². The largest absolute Gasteiger partial charge is 0.343 e. The fourth-order valence-electron chi connectivity index (χ4n) is 2.45. The Kier molecular flexibility index (Phi) is 3.90. The highest BCUT2D eigenvalue weighted by Gasteiger charge is 2.40. The van der Waals surface area contributed by atoms with Gasteiger partial charge in [0.15, 0.2) is 0 Å². The van der Waals surface area contributed by atoms with Crippen LogP contribution in [0, 0.1) is 5.92 Å². The second kappa shape index (κ2) is 5.26. The summed E-state index contributed by atoms with van der Waals surface area (Å²) >= 11 is 0. The third kappa shape index (κ3) is 3.22. The van der Waals surface area contributed by atoms with Crippen LogP contribution >= 0.6 is 0 Å². The first-order chi connectivity index (χ1) is 8.50. The number of amides is 2. The molecule has 1 saturated heterocycles. The van der Waals surface area contributed by atoms with Gasteiger partial charge in [-0.1, -0.05) is 0 Å². The third-order valence-corrected chi connectivity index (χ3v) is 3.86. The topological polar surface area (TPSA) is 61.4 Å². The third-order valence-electron chi connectivity index (χ3n) is 3.86. The first-order valence-electron chi connectivity index (χ1n) is 6.83. The molecular weight excluding hydrogens is 230 g/mol. The summed E-state index contributed by atoms with van der Waals surface area (Å²) in [5.41, 5.74) is -0.253. The molecule has 0 spiro atoms. The van der Waals surface area contributed by atoms with Crippen LogP contribution in [-0.2, 0) is 9.59 Å². The van der Waals surface area contributed by atoms with Gasteiger partial charge in [0, 0.05) is 25.2 Å². The second-order valence-electron chi connectivity index (χ2n) is 5.85. The lowest BCUT2D eigenvalue weighted by molar-refractivity contribution is -0.146. The summed E-state index contributed by atoms with van der Waals surface area (Å²) in [6, 6.07) is 0. The lowest BCUT2D eigenvalue weighted by Crippen LogP contribution is -2.52. The Morgan fingerprint density at radius 1 is 1.22 bits per heavy atom. The van der Waals surface area contributed by atoms with Gasteiger partial charge in [-0.15, -0.1) is 0 Å². The molecule has 1 aliphatic carbocycles. The molecule has 0 aromatic rings. The quantitative estimate of drug-likeness (QED) is 0.687. The van der Waals surface area contributed by atoms with E-state index in [1.165, 1.54) is 0 Å². The SMILES string of the molecule is CC(C)(NC(=O)C(=O)N1CCCNCC1)C1CC1. The number of hydrogen-bond donors (Lipinski definition) is 2. The van der Waals surface area contributed by atoms with Crippen molar-refractivity contribution in [2.24, 2.45) is 5.92 Å². The van der Waals surface area contributed by atoms with Gasteiger partial charge >= 0.3 is 11.8 Å². The molecule has 0 aromatic heterocycles. The van der Waals surface area contributed by atoms with Gasteiger partial charge in [-0.05, 0) is 45.6 Å². The van der Waals surface area contributed by atoms with Crippen LogP contribution in [0.4, 0.5) is 0 Å². The van der Waals surface area contributed by atoms with Crippen molar-refractivity contribution in [3.63, 3.8) is 0 Å². The van der Waals surface area contributed by atoms with Crippen molar-refractivity contribution >= 4 is 11.8 Å². The van der Waals surface area contributed by atoms with Gasteiger partial charge in [0.25, 0.3) is 0 Å². The summed E-state index contributed by atoms with van der Waals surface area (Å²) in [7, 11) is 0. The Bertz CT molecular complexity index is 329. The minimum atomic E-state index is -0.450. The monoisotopic (exact) mass is 253 g/mol. The predicted octanol–water partition coefficient (Wildman–Crippen LogP) is 0.113. The molecular formula is C13H23N3O2. The smallest absolute Gasteiger partial charge is 0.311 e. The fraction of sp³-hybridized carbons (Fsp3) is 0.846.